The zero-order chi connectivity index (χ0) is 14.6. The Bertz CT molecular complexity index is 336. The fourth-order valence-electron chi connectivity index (χ4n) is 2.44. The van der Waals surface area contributed by atoms with Gasteiger partial charge in [0.25, 0.3) is 0 Å². The molecule has 1 aliphatic rings. The first-order chi connectivity index (χ1) is 8.74. The minimum atomic E-state index is -0.480. The number of nitrogens with two attached hydrogens (primary N) is 1. The first-order valence-corrected chi connectivity index (χ1v) is 6.95. The van der Waals surface area contributed by atoms with Crippen molar-refractivity contribution < 1.29 is 14.3 Å². The molecule has 2 atom stereocenters. The highest BCUT2D eigenvalue weighted by Gasteiger charge is 2.34. The Hall–Kier alpha value is -1.10. The highest BCUT2D eigenvalue weighted by atomic mass is 16.6. The predicted octanol–water partition coefficient (Wildman–Crippen LogP) is 1.80. The minimum Gasteiger partial charge on any atom is -0.444 e. The van der Waals surface area contributed by atoms with Crippen LogP contribution in [0.25, 0.3) is 0 Å². The standard InChI is InChI=1S/C14H26N2O3/c1-10-9-16(13(18)19-14(2,3)4)8-6-11(10)12(17)5-7-15/h10-11H,5-9,15H2,1-4H3. The Morgan fingerprint density at radius 2 is 2.00 bits per heavy atom. The Balaban J connectivity index is 2.54. The summed E-state index contributed by atoms with van der Waals surface area (Å²) >= 11 is 0. The molecule has 0 aromatic heterocycles. The number of carbonyl (C=O) groups excluding carboxylic acids is 2. The maximum Gasteiger partial charge on any atom is 0.410 e. The number of hydrogen-bond acceptors (Lipinski definition) is 4. The van der Waals surface area contributed by atoms with Crippen LogP contribution in [0.2, 0.25) is 0 Å². The van der Waals surface area contributed by atoms with Crippen LogP contribution in [0.4, 0.5) is 4.79 Å². The highest BCUT2D eigenvalue weighted by Crippen LogP contribution is 2.26. The molecule has 0 radical (unpaired) electrons. The third-order valence-corrected chi connectivity index (χ3v) is 3.36. The molecule has 0 bridgehead atoms. The monoisotopic (exact) mass is 270 g/mol. The van der Waals surface area contributed by atoms with Gasteiger partial charge in [0, 0.05) is 25.4 Å². The van der Waals surface area contributed by atoms with Crippen molar-refractivity contribution in [1.82, 2.24) is 4.90 Å². The molecule has 1 amide bonds. The Morgan fingerprint density at radius 1 is 1.37 bits per heavy atom. The van der Waals surface area contributed by atoms with Gasteiger partial charge in [0.05, 0.1) is 0 Å². The molecule has 1 fully saturated rings. The molecule has 5 nitrogen and oxygen atoms in total. The molecule has 110 valence electrons. The van der Waals surface area contributed by atoms with E-state index in [1.165, 1.54) is 0 Å². The van der Waals surface area contributed by atoms with E-state index >= 15 is 0 Å². The summed E-state index contributed by atoms with van der Waals surface area (Å²) in [6.07, 6.45) is 0.852. The summed E-state index contributed by atoms with van der Waals surface area (Å²) < 4.78 is 5.35. The molecule has 2 N–H and O–H groups in total. The van der Waals surface area contributed by atoms with Gasteiger partial charge < -0.3 is 15.4 Å². The van der Waals surface area contributed by atoms with Crippen molar-refractivity contribution in [3.05, 3.63) is 0 Å². The molecule has 1 saturated heterocycles. The molecule has 1 aliphatic heterocycles. The lowest BCUT2D eigenvalue weighted by molar-refractivity contribution is -0.125. The van der Waals surface area contributed by atoms with Crippen LogP contribution in [0.15, 0.2) is 0 Å². The molecule has 19 heavy (non-hydrogen) atoms. The lowest BCUT2D eigenvalue weighted by Crippen LogP contribution is -2.46. The van der Waals surface area contributed by atoms with Gasteiger partial charge in [-0.25, -0.2) is 4.79 Å². The van der Waals surface area contributed by atoms with Crippen LogP contribution >= 0.6 is 0 Å². The molecule has 5 heteroatoms. The number of hydrogen-bond donors (Lipinski definition) is 1. The molecule has 0 aliphatic carbocycles. The van der Waals surface area contributed by atoms with Crippen molar-refractivity contribution in [2.24, 2.45) is 17.6 Å². The highest BCUT2D eigenvalue weighted by molar-refractivity contribution is 5.82. The first-order valence-electron chi connectivity index (χ1n) is 6.95. The second-order valence-electron chi connectivity index (χ2n) is 6.30. The molecule has 0 spiro atoms. The molecule has 1 rings (SSSR count). The van der Waals surface area contributed by atoms with E-state index in [1.54, 1.807) is 4.90 Å². The molecular weight excluding hydrogens is 244 g/mol. The summed E-state index contributed by atoms with van der Waals surface area (Å²) in [5, 5.41) is 0. The number of rotatable bonds is 3. The van der Waals surface area contributed by atoms with E-state index in [1.807, 2.05) is 27.7 Å². The number of carbonyl (C=O) groups is 2. The van der Waals surface area contributed by atoms with Crippen LogP contribution in [0, 0.1) is 11.8 Å². The number of piperidine rings is 1. The van der Waals surface area contributed by atoms with Gasteiger partial charge in [-0.1, -0.05) is 6.92 Å². The predicted molar refractivity (Wildman–Crippen MR) is 73.8 cm³/mol. The first kappa shape index (κ1) is 16.0. The third kappa shape index (κ3) is 4.82. The second-order valence-corrected chi connectivity index (χ2v) is 6.30. The van der Waals surface area contributed by atoms with Gasteiger partial charge in [-0.2, -0.15) is 0 Å². The third-order valence-electron chi connectivity index (χ3n) is 3.36. The van der Waals surface area contributed by atoms with Gasteiger partial charge in [0.1, 0.15) is 11.4 Å². The van der Waals surface area contributed by atoms with Crippen molar-refractivity contribution in [2.75, 3.05) is 19.6 Å². The second kappa shape index (κ2) is 6.37. The lowest BCUT2D eigenvalue weighted by Gasteiger charge is -2.36. The number of ketones is 1. The Kier molecular flexibility index (Phi) is 5.35. The van der Waals surface area contributed by atoms with Crippen LogP contribution in [-0.4, -0.2) is 42.0 Å². The smallest absolute Gasteiger partial charge is 0.410 e. The summed E-state index contributed by atoms with van der Waals surface area (Å²) in [4.78, 5) is 25.6. The number of ether oxygens (including phenoxy) is 1. The van der Waals surface area contributed by atoms with Crippen molar-refractivity contribution in [1.29, 1.82) is 0 Å². The van der Waals surface area contributed by atoms with Crippen molar-refractivity contribution in [3.8, 4) is 0 Å². The number of likely N-dealkylation sites (tertiary alicyclic amines) is 1. The number of nitrogens with zero attached hydrogens (tertiary/aromatic N) is 1. The van der Waals surface area contributed by atoms with Gasteiger partial charge >= 0.3 is 6.09 Å². The fourth-order valence-corrected chi connectivity index (χ4v) is 2.44. The van der Waals surface area contributed by atoms with Crippen molar-refractivity contribution in [2.45, 2.75) is 46.1 Å². The van der Waals surface area contributed by atoms with Crippen LogP contribution in [0.1, 0.15) is 40.5 Å². The lowest BCUT2D eigenvalue weighted by atomic mass is 9.83. The van der Waals surface area contributed by atoms with Crippen LogP contribution in [-0.2, 0) is 9.53 Å². The summed E-state index contributed by atoms with van der Waals surface area (Å²) in [5.41, 5.74) is 4.94. The van der Waals surface area contributed by atoms with Crippen molar-refractivity contribution >= 4 is 11.9 Å². The van der Waals surface area contributed by atoms with Crippen LogP contribution in [0.3, 0.4) is 0 Å². The SMILES string of the molecule is CC1CN(C(=O)OC(C)(C)C)CCC1C(=O)CCN. The van der Waals surface area contributed by atoms with Gasteiger partial charge in [0.2, 0.25) is 0 Å². The normalized spacial score (nSPS) is 24.2. The van der Waals surface area contributed by atoms with Crippen molar-refractivity contribution in [3.63, 3.8) is 0 Å². The summed E-state index contributed by atoms with van der Waals surface area (Å²) in [6.45, 7) is 9.13. The van der Waals surface area contributed by atoms with Gasteiger partial charge in [0.15, 0.2) is 0 Å². The van der Waals surface area contributed by atoms with Gasteiger partial charge in [-0.05, 0) is 39.7 Å². The van der Waals surface area contributed by atoms with E-state index in [4.69, 9.17) is 10.5 Å². The number of amides is 1. The quantitative estimate of drug-likeness (QED) is 0.848. The molecule has 0 aromatic carbocycles. The van der Waals surface area contributed by atoms with E-state index in [-0.39, 0.29) is 23.7 Å². The maximum atomic E-state index is 12.0. The number of Topliss-reactive ketones (excluding diaryl/α,β-unsaturated/α-hetero) is 1. The molecular formula is C14H26N2O3. The maximum absolute atomic E-state index is 12.0. The zero-order valence-electron chi connectivity index (χ0n) is 12.4. The molecule has 1 heterocycles. The molecule has 0 saturated carbocycles. The van der Waals surface area contributed by atoms with Crippen LogP contribution in [0.5, 0.6) is 0 Å². The topological polar surface area (TPSA) is 72.6 Å². The van der Waals surface area contributed by atoms with E-state index in [9.17, 15) is 9.59 Å². The van der Waals surface area contributed by atoms with E-state index in [2.05, 4.69) is 0 Å². The zero-order valence-corrected chi connectivity index (χ0v) is 12.4. The largest absolute Gasteiger partial charge is 0.444 e. The average molecular weight is 270 g/mol. The molecule has 0 aromatic rings. The fraction of sp³-hybridized carbons (Fsp3) is 0.857. The minimum absolute atomic E-state index is 0.0298. The van der Waals surface area contributed by atoms with E-state index in [0.29, 0.717) is 32.5 Å². The van der Waals surface area contributed by atoms with E-state index < -0.39 is 5.60 Å². The van der Waals surface area contributed by atoms with Gasteiger partial charge in [-0.15, -0.1) is 0 Å². The summed E-state index contributed by atoms with van der Waals surface area (Å²) in [5.74, 6) is 0.418. The van der Waals surface area contributed by atoms with E-state index in [0.717, 1.165) is 0 Å². The average Bonchev–Trinajstić information content (AvgIpc) is 2.26. The summed E-state index contributed by atoms with van der Waals surface area (Å²) in [6, 6.07) is 0. The Morgan fingerprint density at radius 3 is 2.47 bits per heavy atom. The van der Waals surface area contributed by atoms with Gasteiger partial charge in [-0.3, -0.25) is 4.79 Å². The molecule has 2 unspecified atom stereocenters. The Labute approximate surface area is 115 Å². The summed E-state index contributed by atoms with van der Waals surface area (Å²) in [7, 11) is 0. The van der Waals surface area contributed by atoms with Crippen LogP contribution < -0.4 is 5.73 Å².